The molecule has 1 aliphatic rings. The van der Waals surface area contributed by atoms with E-state index in [-0.39, 0.29) is 10.7 Å². The van der Waals surface area contributed by atoms with Gasteiger partial charge in [-0.2, -0.15) is 8.42 Å². The van der Waals surface area contributed by atoms with Gasteiger partial charge in [-0.3, -0.25) is 9.35 Å². The molecule has 26 heavy (non-hydrogen) atoms. The smallest absolute Gasteiger partial charge is 0.290 e. The third-order valence-corrected chi connectivity index (χ3v) is 5.12. The average Bonchev–Trinajstić information content (AvgIpc) is 2.58. The summed E-state index contributed by atoms with van der Waals surface area (Å²) in [7, 11) is -4.41. The van der Waals surface area contributed by atoms with Crippen molar-refractivity contribution in [2.24, 2.45) is 0 Å². The van der Waals surface area contributed by atoms with Crippen molar-refractivity contribution < 1.29 is 17.8 Å². The molecule has 2 aromatic carbocycles. The van der Waals surface area contributed by atoms with Crippen LogP contribution in [0.15, 0.2) is 82.8 Å². The van der Waals surface area contributed by atoms with E-state index in [4.69, 9.17) is 0 Å². The Hall–Kier alpha value is -2.76. The third-order valence-electron chi connectivity index (χ3n) is 4.20. The van der Waals surface area contributed by atoms with Crippen molar-refractivity contribution >= 4 is 21.5 Å². The minimum atomic E-state index is -4.41. The molecule has 2 aromatic rings. The van der Waals surface area contributed by atoms with Crippen LogP contribution in [0.5, 0.6) is 0 Å². The fraction of sp³-hybridized carbons (Fsp3) is 0.0952. The summed E-state index contributed by atoms with van der Waals surface area (Å²) in [5.41, 5.74) is 4.13. The van der Waals surface area contributed by atoms with E-state index in [0.29, 0.717) is 22.3 Å². The molecule has 0 fully saturated rings. The maximum Gasteiger partial charge on any atom is 0.295 e. The zero-order chi connectivity index (χ0) is 18.9. The van der Waals surface area contributed by atoms with Crippen molar-refractivity contribution in [3.63, 3.8) is 0 Å². The van der Waals surface area contributed by atoms with E-state index in [1.165, 1.54) is 12.1 Å². The van der Waals surface area contributed by atoms with Crippen molar-refractivity contribution in [2.45, 2.75) is 18.7 Å². The Morgan fingerprint density at radius 3 is 2.35 bits per heavy atom. The van der Waals surface area contributed by atoms with Crippen LogP contribution in [0, 0.1) is 6.92 Å². The molecule has 1 N–H and O–H groups in total. The Kier molecular flexibility index (Phi) is 4.76. The largest absolute Gasteiger partial charge is 0.295 e. The lowest BCUT2D eigenvalue weighted by Gasteiger charge is -2.17. The number of hydrogen-bond donors (Lipinski definition) is 1. The molecule has 132 valence electrons. The average molecular weight is 366 g/mol. The molecular weight excluding hydrogens is 348 g/mol. The maximum absolute atomic E-state index is 11.9. The normalized spacial score (nSPS) is 16.4. The molecule has 5 heteroatoms. The van der Waals surface area contributed by atoms with Gasteiger partial charge in [0, 0.05) is 5.56 Å². The van der Waals surface area contributed by atoms with Gasteiger partial charge in [0.15, 0.2) is 5.78 Å². The monoisotopic (exact) mass is 366 g/mol. The Bertz CT molecular complexity index is 1090. The lowest BCUT2D eigenvalue weighted by atomic mass is 9.89. The van der Waals surface area contributed by atoms with Gasteiger partial charge in [-0.1, -0.05) is 54.1 Å². The zero-order valence-electron chi connectivity index (χ0n) is 14.4. The molecule has 0 heterocycles. The first-order valence-corrected chi connectivity index (χ1v) is 9.50. The molecule has 0 saturated heterocycles. The molecule has 0 spiro atoms. The minimum Gasteiger partial charge on any atom is -0.290 e. The molecule has 4 nitrogen and oxygen atoms in total. The van der Waals surface area contributed by atoms with E-state index in [1.807, 2.05) is 31.2 Å². The van der Waals surface area contributed by atoms with Crippen LogP contribution in [-0.2, 0) is 14.9 Å². The van der Waals surface area contributed by atoms with Crippen LogP contribution >= 0.6 is 0 Å². The van der Waals surface area contributed by atoms with Gasteiger partial charge in [0.05, 0.1) is 0 Å². The molecule has 1 aliphatic carbocycles. The van der Waals surface area contributed by atoms with Crippen molar-refractivity contribution in [1.29, 1.82) is 0 Å². The molecule has 0 amide bonds. The first-order chi connectivity index (χ1) is 12.3. The van der Waals surface area contributed by atoms with Crippen LogP contribution in [0.1, 0.15) is 23.6 Å². The summed E-state index contributed by atoms with van der Waals surface area (Å²) >= 11 is 0. The van der Waals surface area contributed by atoms with Crippen LogP contribution in [0.4, 0.5) is 0 Å². The number of rotatable bonds is 3. The van der Waals surface area contributed by atoms with Gasteiger partial charge < -0.3 is 0 Å². The van der Waals surface area contributed by atoms with Gasteiger partial charge in [-0.05, 0) is 54.3 Å². The number of benzene rings is 2. The Morgan fingerprint density at radius 1 is 0.962 bits per heavy atom. The Morgan fingerprint density at radius 2 is 1.69 bits per heavy atom. The summed E-state index contributed by atoms with van der Waals surface area (Å²) in [5.74, 6) is -0.0830. The SMILES string of the molecule is CC1=C/C(=C(\c2cccc(C)c2)c2ccccc2S(=O)(=O)O)C=CC1=O. The second-order valence-electron chi connectivity index (χ2n) is 6.20. The standard InChI is InChI=1S/C21H18O4S/c1-14-6-5-7-16(12-14)21(17-10-11-19(22)15(2)13-17)18-8-3-4-9-20(18)26(23,24)25/h3-13H,1-2H3,(H,23,24,25)/b21-17+. The summed E-state index contributed by atoms with van der Waals surface area (Å²) in [6, 6.07) is 14.0. The second-order valence-corrected chi connectivity index (χ2v) is 7.59. The summed E-state index contributed by atoms with van der Waals surface area (Å²) in [6.45, 7) is 3.66. The van der Waals surface area contributed by atoms with E-state index in [0.717, 1.165) is 11.1 Å². The van der Waals surface area contributed by atoms with E-state index in [1.54, 1.807) is 37.3 Å². The number of aryl methyl sites for hydroxylation is 1. The van der Waals surface area contributed by atoms with Crippen molar-refractivity contribution in [2.75, 3.05) is 0 Å². The Balaban J connectivity index is 2.39. The predicted octanol–water partition coefficient (Wildman–Crippen LogP) is 4.13. The number of hydrogen-bond acceptors (Lipinski definition) is 3. The number of allylic oxidation sites excluding steroid dienone is 5. The fourth-order valence-corrected chi connectivity index (χ4v) is 3.68. The molecule has 0 unspecified atom stereocenters. The number of carbonyl (C=O) groups is 1. The lowest BCUT2D eigenvalue weighted by molar-refractivity contribution is -0.111. The summed E-state index contributed by atoms with van der Waals surface area (Å²) < 4.78 is 33.5. The molecular formula is C21H18O4S. The predicted molar refractivity (Wildman–Crippen MR) is 101 cm³/mol. The molecule has 0 aromatic heterocycles. The number of carbonyl (C=O) groups excluding carboxylic acids is 1. The summed E-state index contributed by atoms with van der Waals surface area (Å²) in [6.07, 6.45) is 4.88. The maximum atomic E-state index is 11.9. The van der Waals surface area contributed by atoms with Gasteiger partial charge in [0.2, 0.25) is 0 Å². The van der Waals surface area contributed by atoms with E-state index < -0.39 is 10.1 Å². The van der Waals surface area contributed by atoms with Crippen LogP contribution in [0.25, 0.3) is 5.57 Å². The molecule has 0 saturated carbocycles. The van der Waals surface area contributed by atoms with E-state index in [9.17, 15) is 17.8 Å². The quantitative estimate of drug-likeness (QED) is 0.829. The van der Waals surface area contributed by atoms with E-state index in [2.05, 4.69) is 0 Å². The highest BCUT2D eigenvalue weighted by molar-refractivity contribution is 7.86. The van der Waals surface area contributed by atoms with Crippen LogP contribution in [0.2, 0.25) is 0 Å². The van der Waals surface area contributed by atoms with Gasteiger partial charge >= 0.3 is 0 Å². The highest BCUT2D eigenvalue weighted by atomic mass is 32.2. The second kappa shape index (κ2) is 6.86. The van der Waals surface area contributed by atoms with Crippen molar-refractivity contribution in [3.8, 4) is 0 Å². The first-order valence-electron chi connectivity index (χ1n) is 8.06. The van der Waals surface area contributed by atoms with Crippen LogP contribution in [-0.4, -0.2) is 18.8 Å². The molecule has 0 radical (unpaired) electrons. The lowest BCUT2D eigenvalue weighted by Crippen LogP contribution is -2.06. The van der Waals surface area contributed by atoms with Crippen molar-refractivity contribution in [1.82, 2.24) is 0 Å². The molecule has 0 bridgehead atoms. The van der Waals surface area contributed by atoms with Gasteiger partial charge in [-0.15, -0.1) is 0 Å². The van der Waals surface area contributed by atoms with Crippen LogP contribution < -0.4 is 0 Å². The fourth-order valence-electron chi connectivity index (χ4n) is 2.98. The highest BCUT2D eigenvalue weighted by Crippen LogP contribution is 2.34. The van der Waals surface area contributed by atoms with Gasteiger partial charge in [0.25, 0.3) is 10.1 Å². The summed E-state index contributed by atoms with van der Waals surface area (Å²) in [5, 5.41) is 0. The zero-order valence-corrected chi connectivity index (χ0v) is 15.2. The first kappa shape index (κ1) is 18.0. The van der Waals surface area contributed by atoms with Crippen LogP contribution in [0.3, 0.4) is 0 Å². The van der Waals surface area contributed by atoms with Gasteiger partial charge in [0.1, 0.15) is 4.90 Å². The summed E-state index contributed by atoms with van der Waals surface area (Å²) in [4.78, 5) is 11.6. The molecule has 0 aliphatic heterocycles. The Labute approximate surface area is 152 Å². The van der Waals surface area contributed by atoms with E-state index >= 15 is 0 Å². The van der Waals surface area contributed by atoms with Crippen molar-refractivity contribution in [3.05, 3.63) is 94.6 Å². The molecule has 0 atom stereocenters. The number of ketones is 1. The molecule has 3 rings (SSSR count). The minimum absolute atomic E-state index is 0.0830. The third kappa shape index (κ3) is 3.59. The van der Waals surface area contributed by atoms with Gasteiger partial charge in [-0.25, -0.2) is 0 Å². The highest BCUT2D eigenvalue weighted by Gasteiger charge is 2.21. The topological polar surface area (TPSA) is 71.4 Å².